The van der Waals surface area contributed by atoms with Crippen LogP contribution < -0.4 is 0 Å². The van der Waals surface area contributed by atoms with Gasteiger partial charge in [0.15, 0.2) is 5.78 Å². The first-order valence-corrected chi connectivity index (χ1v) is 5.27. The molecule has 2 bridgehead atoms. The summed E-state index contributed by atoms with van der Waals surface area (Å²) in [6, 6.07) is 0. The molecule has 3 atom stereocenters. The van der Waals surface area contributed by atoms with E-state index in [1.165, 1.54) is 0 Å². The van der Waals surface area contributed by atoms with Crippen LogP contribution in [0.4, 0.5) is 0 Å². The molecule has 0 aliphatic carbocycles. The predicted octanol–water partition coefficient (Wildman–Crippen LogP) is 0.822. The highest BCUT2D eigenvalue weighted by molar-refractivity contribution is 7.99. The molecule has 2 fully saturated rings. The second-order valence-corrected chi connectivity index (χ2v) is 4.52. The van der Waals surface area contributed by atoms with E-state index in [-0.39, 0.29) is 11.9 Å². The highest BCUT2D eigenvalue weighted by Gasteiger charge is 2.42. The largest absolute Gasteiger partial charge is 0.343 e. The Morgan fingerprint density at radius 1 is 1.67 bits per heavy atom. The summed E-state index contributed by atoms with van der Waals surface area (Å²) in [6.07, 6.45) is 0.231. The van der Waals surface area contributed by atoms with Crippen LogP contribution in [0.5, 0.6) is 0 Å². The van der Waals surface area contributed by atoms with Crippen molar-refractivity contribution in [3.63, 3.8) is 0 Å². The molecule has 2 aliphatic heterocycles. The van der Waals surface area contributed by atoms with Gasteiger partial charge < -0.3 is 9.47 Å². The summed E-state index contributed by atoms with van der Waals surface area (Å²) in [5.74, 6) is 1.14. The Bertz CT molecular complexity index is 195. The van der Waals surface area contributed by atoms with E-state index in [2.05, 4.69) is 6.92 Å². The van der Waals surface area contributed by atoms with E-state index < -0.39 is 6.29 Å². The fourth-order valence-corrected chi connectivity index (χ4v) is 2.66. The Hall–Kier alpha value is -0.0600. The molecule has 0 radical (unpaired) electrons. The maximum Gasteiger partial charge on any atom is 0.218 e. The lowest BCUT2D eigenvalue weighted by Crippen LogP contribution is -2.37. The molecule has 2 heterocycles. The summed E-state index contributed by atoms with van der Waals surface area (Å²) in [5, 5.41) is 0.321. The quantitative estimate of drug-likeness (QED) is 0.643. The minimum absolute atomic E-state index is 0.106. The van der Waals surface area contributed by atoms with Crippen molar-refractivity contribution < 1.29 is 14.3 Å². The van der Waals surface area contributed by atoms with Gasteiger partial charge in [-0.3, -0.25) is 4.79 Å². The van der Waals surface area contributed by atoms with Gasteiger partial charge in [0.05, 0.1) is 12.7 Å². The molecular weight excluding hydrogens is 176 g/mol. The second kappa shape index (κ2) is 3.36. The van der Waals surface area contributed by atoms with Crippen LogP contribution in [0.2, 0.25) is 0 Å². The van der Waals surface area contributed by atoms with E-state index in [9.17, 15) is 4.79 Å². The molecule has 68 valence electrons. The molecule has 4 heteroatoms. The summed E-state index contributed by atoms with van der Waals surface area (Å²) in [5.41, 5.74) is 0. The van der Waals surface area contributed by atoms with E-state index in [0.717, 1.165) is 5.75 Å². The van der Waals surface area contributed by atoms with E-state index in [4.69, 9.17) is 9.47 Å². The van der Waals surface area contributed by atoms with Crippen LogP contribution in [-0.4, -0.2) is 35.8 Å². The third-order valence-corrected chi connectivity index (χ3v) is 3.40. The van der Waals surface area contributed by atoms with Crippen molar-refractivity contribution in [2.75, 3.05) is 12.4 Å². The van der Waals surface area contributed by atoms with Gasteiger partial charge in [0.2, 0.25) is 6.29 Å². The maximum absolute atomic E-state index is 11.3. The molecule has 2 rings (SSSR count). The molecule has 0 aromatic heterocycles. The normalized spacial score (nSPS) is 40.4. The number of carbonyl (C=O) groups excluding carboxylic acids is 1. The van der Waals surface area contributed by atoms with Gasteiger partial charge in [0.25, 0.3) is 0 Å². The van der Waals surface area contributed by atoms with Crippen molar-refractivity contribution in [2.45, 2.75) is 31.0 Å². The number of carbonyl (C=O) groups is 1. The van der Waals surface area contributed by atoms with Crippen molar-refractivity contribution in [3.05, 3.63) is 0 Å². The minimum atomic E-state index is -0.538. The lowest BCUT2D eigenvalue weighted by molar-refractivity contribution is -0.151. The zero-order chi connectivity index (χ0) is 8.55. The first-order chi connectivity index (χ1) is 5.81. The molecule has 0 saturated carbocycles. The molecule has 12 heavy (non-hydrogen) atoms. The lowest BCUT2D eigenvalue weighted by Gasteiger charge is -2.25. The third-order valence-electron chi connectivity index (χ3n) is 2.17. The molecule has 0 N–H and O–H groups in total. The SMILES string of the molecule is CCS[C@@H]1CC(=O)[C@@H]2OCC1O2. The van der Waals surface area contributed by atoms with Crippen LogP contribution >= 0.6 is 11.8 Å². The molecule has 0 spiro atoms. The number of hydrogen-bond donors (Lipinski definition) is 0. The van der Waals surface area contributed by atoms with Gasteiger partial charge in [-0.2, -0.15) is 11.8 Å². The molecular formula is C8H12O3S. The Labute approximate surface area is 75.8 Å². The van der Waals surface area contributed by atoms with E-state index >= 15 is 0 Å². The lowest BCUT2D eigenvalue weighted by atomic mass is 10.1. The number of thioether (sulfide) groups is 1. The van der Waals surface area contributed by atoms with Crippen LogP contribution in [0.15, 0.2) is 0 Å². The first-order valence-electron chi connectivity index (χ1n) is 4.22. The van der Waals surface area contributed by atoms with Gasteiger partial charge in [-0.1, -0.05) is 6.92 Å². The van der Waals surface area contributed by atoms with Crippen LogP contribution in [0.1, 0.15) is 13.3 Å². The maximum atomic E-state index is 11.3. The van der Waals surface area contributed by atoms with Crippen molar-refractivity contribution in [2.24, 2.45) is 0 Å². The summed E-state index contributed by atoms with van der Waals surface area (Å²) in [7, 11) is 0. The van der Waals surface area contributed by atoms with Crippen molar-refractivity contribution in [1.82, 2.24) is 0 Å². The molecule has 2 aliphatic rings. The smallest absolute Gasteiger partial charge is 0.218 e. The summed E-state index contributed by atoms with van der Waals surface area (Å²) in [4.78, 5) is 11.3. The van der Waals surface area contributed by atoms with Crippen LogP contribution in [0, 0.1) is 0 Å². The van der Waals surface area contributed by atoms with Crippen LogP contribution in [-0.2, 0) is 14.3 Å². The zero-order valence-electron chi connectivity index (χ0n) is 6.99. The van der Waals surface area contributed by atoms with Gasteiger partial charge in [-0.15, -0.1) is 0 Å². The number of fused-ring (bicyclic) bond motifs is 2. The highest BCUT2D eigenvalue weighted by atomic mass is 32.2. The Morgan fingerprint density at radius 3 is 3.25 bits per heavy atom. The van der Waals surface area contributed by atoms with Crippen LogP contribution in [0.25, 0.3) is 0 Å². The molecule has 2 saturated heterocycles. The molecule has 0 aromatic rings. The summed E-state index contributed by atoms with van der Waals surface area (Å²) >= 11 is 1.79. The topological polar surface area (TPSA) is 35.5 Å². The van der Waals surface area contributed by atoms with E-state index in [0.29, 0.717) is 18.3 Å². The van der Waals surface area contributed by atoms with Gasteiger partial charge in [-0.05, 0) is 5.75 Å². The number of hydrogen-bond acceptors (Lipinski definition) is 4. The third kappa shape index (κ3) is 1.39. The number of ether oxygens (including phenoxy) is 2. The highest BCUT2D eigenvalue weighted by Crippen LogP contribution is 2.32. The Balaban J connectivity index is 2.02. The van der Waals surface area contributed by atoms with Gasteiger partial charge in [0.1, 0.15) is 0 Å². The standard InChI is InChI=1S/C8H12O3S/c1-2-12-7-3-5(9)8-10-4-6(7)11-8/h6-8H,2-4H2,1H3/t6?,7-,8-/m1/s1. The van der Waals surface area contributed by atoms with Gasteiger partial charge >= 0.3 is 0 Å². The van der Waals surface area contributed by atoms with Crippen molar-refractivity contribution >= 4 is 17.5 Å². The average molecular weight is 188 g/mol. The average Bonchev–Trinajstić information content (AvgIpc) is 2.46. The molecule has 0 aromatic carbocycles. The molecule has 0 amide bonds. The Kier molecular flexibility index (Phi) is 2.39. The minimum Gasteiger partial charge on any atom is -0.343 e. The van der Waals surface area contributed by atoms with Crippen molar-refractivity contribution in [3.8, 4) is 0 Å². The van der Waals surface area contributed by atoms with Gasteiger partial charge in [0, 0.05) is 11.7 Å². The van der Waals surface area contributed by atoms with Crippen LogP contribution in [0.3, 0.4) is 0 Å². The molecule has 1 unspecified atom stereocenters. The fraction of sp³-hybridized carbons (Fsp3) is 0.875. The molecule has 3 nitrogen and oxygen atoms in total. The Morgan fingerprint density at radius 2 is 2.50 bits per heavy atom. The zero-order valence-corrected chi connectivity index (χ0v) is 7.80. The predicted molar refractivity (Wildman–Crippen MR) is 46.2 cm³/mol. The van der Waals surface area contributed by atoms with Gasteiger partial charge in [-0.25, -0.2) is 0 Å². The number of rotatable bonds is 2. The van der Waals surface area contributed by atoms with Crippen molar-refractivity contribution in [1.29, 1.82) is 0 Å². The fourth-order valence-electron chi connectivity index (χ4n) is 1.59. The first kappa shape index (κ1) is 8.53. The van der Waals surface area contributed by atoms with E-state index in [1.807, 2.05) is 0 Å². The number of ketones is 1. The second-order valence-electron chi connectivity index (χ2n) is 3.00. The summed E-state index contributed by atoms with van der Waals surface area (Å²) in [6.45, 7) is 2.69. The number of Topliss-reactive ketones (excluding diaryl/α,β-unsaturated/α-hetero) is 1. The summed E-state index contributed by atoms with van der Waals surface area (Å²) < 4.78 is 10.6. The van der Waals surface area contributed by atoms with E-state index in [1.54, 1.807) is 11.8 Å². The monoisotopic (exact) mass is 188 g/mol.